The number of hydrogen-bond donors (Lipinski definition) is 0. The summed E-state index contributed by atoms with van der Waals surface area (Å²) in [5.41, 5.74) is 1.14. The lowest BCUT2D eigenvalue weighted by Crippen LogP contribution is -1.87. The van der Waals surface area contributed by atoms with E-state index in [0.717, 1.165) is 12.2 Å². The molecule has 0 aliphatic carbocycles. The van der Waals surface area contributed by atoms with Crippen molar-refractivity contribution in [3.05, 3.63) is 28.8 Å². The normalized spacial score (nSPS) is 20.7. The number of rotatable bonds is 2. The van der Waals surface area contributed by atoms with Crippen LogP contribution in [-0.2, 0) is 4.74 Å². The van der Waals surface area contributed by atoms with E-state index in [9.17, 15) is 0 Å². The first kappa shape index (κ1) is 7.90. The highest BCUT2D eigenvalue weighted by Crippen LogP contribution is 2.34. The van der Waals surface area contributed by atoms with E-state index in [0.29, 0.717) is 10.8 Å². The summed E-state index contributed by atoms with van der Waals surface area (Å²) < 4.78 is 10.2. The molecule has 0 spiro atoms. The van der Waals surface area contributed by atoms with Gasteiger partial charge < -0.3 is 9.47 Å². The third kappa shape index (κ3) is 1.40. The van der Waals surface area contributed by atoms with Crippen LogP contribution in [0, 0.1) is 0 Å². The van der Waals surface area contributed by atoms with E-state index in [1.54, 1.807) is 7.11 Å². The lowest BCUT2D eigenvalue weighted by molar-refractivity contribution is 0.405. The minimum Gasteiger partial charge on any atom is -0.495 e. The molecule has 1 aliphatic rings. The molecule has 1 saturated heterocycles. The van der Waals surface area contributed by atoms with Gasteiger partial charge in [0.2, 0.25) is 0 Å². The standard InChI is InChI=1S/C9H9ClO2/c1-11-8-4-6(9-5-12-9)2-3-7(8)10/h2-4,9H,5H2,1H3/t9-/m1/s1. The molecule has 0 unspecified atom stereocenters. The van der Waals surface area contributed by atoms with Crippen LogP contribution in [0.15, 0.2) is 18.2 Å². The quantitative estimate of drug-likeness (QED) is 0.659. The van der Waals surface area contributed by atoms with Crippen molar-refractivity contribution >= 4 is 11.6 Å². The fourth-order valence-corrected chi connectivity index (χ4v) is 1.31. The molecule has 0 radical (unpaired) electrons. The molecule has 64 valence electrons. The van der Waals surface area contributed by atoms with Gasteiger partial charge in [0, 0.05) is 0 Å². The molecule has 0 amide bonds. The number of methoxy groups -OCH3 is 1. The van der Waals surface area contributed by atoms with E-state index in [-0.39, 0.29) is 6.10 Å². The molecule has 12 heavy (non-hydrogen) atoms. The Morgan fingerprint density at radius 2 is 2.33 bits per heavy atom. The number of ether oxygens (including phenoxy) is 2. The molecule has 1 aromatic carbocycles. The summed E-state index contributed by atoms with van der Waals surface area (Å²) >= 11 is 5.86. The molecule has 0 aromatic heterocycles. The van der Waals surface area contributed by atoms with Gasteiger partial charge in [0.05, 0.1) is 18.7 Å². The Kier molecular flexibility index (Phi) is 1.95. The van der Waals surface area contributed by atoms with Crippen molar-refractivity contribution in [2.24, 2.45) is 0 Å². The van der Waals surface area contributed by atoms with Gasteiger partial charge in [-0.2, -0.15) is 0 Å². The lowest BCUT2D eigenvalue weighted by Gasteiger charge is -2.03. The molecule has 0 N–H and O–H groups in total. The first-order chi connectivity index (χ1) is 5.81. The monoisotopic (exact) mass is 184 g/mol. The molecule has 2 rings (SSSR count). The third-order valence-electron chi connectivity index (χ3n) is 1.88. The Morgan fingerprint density at radius 1 is 1.58 bits per heavy atom. The highest BCUT2D eigenvalue weighted by molar-refractivity contribution is 6.32. The van der Waals surface area contributed by atoms with E-state index in [1.807, 2.05) is 18.2 Å². The van der Waals surface area contributed by atoms with Crippen LogP contribution in [0.2, 0.25) is 5.02 Å². The van der Waals surface area contributed by atoms with Crippen LogP contribution in [0.25, 0.3) is 0 Å². The first-order valence-corrected chi connectivity index (χ1v) is 4.14. The second-order valence-electron chi connectivity index (χ2n) is 2.72. The predicted molar refractivity (Wildman–Crippen MR) is 46.7 cm³/mol. The van der Waals surface area contributed by atoms with E-state index in [1.165, 1.54) is 0 Å². The van der Waals surface area contributed by atoms with Gasteiger partial charge in [0.25, 0.3) is 0 Å². The maximum absolute atomic E-state index is 5.86. The highest BCUT2D eigenvalue weighted by atomic mass is 35.5. The van der Waals surface area contributed by atoms with Crippen molar-refractivity contribution in [2.75, 3.05) is 13.7 Å². The second-order valence-corrected chi connectivity index (χ2v) is 3.12. The topological polar surface area (TPSA) is 21.8 Å². The minimum atomic E-state index is 0.260. The molecule has 1 aromatic rings. The first-order valence-electron chi connectivity index (χ1n) is 3.76. The maximum atomic E-state index is 5.86. The second kappa shape index (κ2) is 2.96. The van der Waals surface area contributed by atoms with Crippen molar-refractivity contribution in [3.8, 4) is 5.75 Å². The van der Waals surface area contributed by atoms with Gasteiger partial charge in [-0.05, 0) is 17.7 Å². The smallest absolute Gasteiger partial charge is 0.137 e. The molecular formula is C9H9ClO2. The molecule has 3 heteroatoms. The molecule has 1 aliphatic heterocycles. The number of benzene rings is 1. The van der Waals surface area contributed by atoms with Crippen LogP contribution in [0.5, 0.6) is 5.75 Å². The SMILES string of the molecule is COc1cc([C@H]2CO2)ccc1Cl. The van der Waals surface area contributed by atoms with Crippen LogP contribution in [0.4, 0.5) is 0 Å². The average molecular weight is 185 g/mol. The number of epoxide rings is 1. The van der Waals surface area contributed by atoms with Crippen molar-refractivity contribution < 1.29 is 9.47 Å². The van der Waals surface area contributed by atoms with Crippen LogP contribution in [-0.4, -0.2) is 13.7 Å². The molecular weight excluding hydrogens is 176 g/mol. The Hall–Kier alpha value is -0.730. The fraction of sp³-hybridized carbons (Fsp3) is 0.333. The van der Waals surface area contributed by atoms with E-state index in [2.05, 4.69) is 0 Å². The summed E-state index contributed by atoms with van der Waals surface area (Å²) in [5.74, 6) is 0.713. The summed E-state index contributed by atoms with van der Waals surface area (Å²) in [6.07, 6.45) is 0.260. The van der Waals surface area contributed by atoms with E-state index >= 15 is 0 Å². The van der Waals surface area contributed by atoms with Crippen LogP contribution < -0.4 is 4.74 Å². The van der Waals surface area contributed by atoms with Crippen LogP contribution >= 0.6 is 11.6 Å². The summed E-state index contributed by atoms with van der Waals surface area (Å²) in [4.78, 5) is 0. The Morgan fingerprint density at radius 3 is 2.92 bits per heavy atom. The molecule has 0 saturated carbocycles. The Balaban J connectivity index is 2.33. The number of hydrogen-bond acceptors (Lipinski definition) is 2. The van der Waals surface area contributed by atoms with Crippen molar-refractivity contribution in [1.82, 2.24) is 0 Å². The molecule has 1 fully saturated rings. The molecule has 1 atom stereocenters. The predicted octanol–water partition coefficient (Wildman–Crippen LogP) is 2.42. The average Bonchev–Trinajstić information content (AvgIpc) is 2.88. The zero-order chi connectivity index (χ0) is 8.55. The molecule has 2 nitrogen and oxygen atoms in total. The molecule has 1 heterocycles. The highest BCUT2D eigenvalue weighted by Gasteiger charge is 2.25. The summed E-state index contributed by atoms with van der Waals surface area (Å²) in [7, 11) is 1.61. The fourth-order valence-electron chi connectivity index (χ4n) is 1.12. The zero-order valence-corrected chi connectivity index (χ0v) is 7.47. The summed E-state index contributed by atoms with van der Waals surface area (Å²) in [5, 5.41) is 0.641. The van der Waals surface area contributed by atoms with Gasteiger partial charge in [0.15, 0.2) is 0 Å². The maximum Gasteiger partial charge on any atom is 0.137 e. The Labute approximate surface area is 76.1 Å². The van der Waals surface area contributed by atoms with E-state index < -0.39 is 0 Å². The van der Waals surface area contributed by atoms with Gasteiger partial charge in [-0.3, -0.25) is 0 Å². The van der Waals surface area contributed by atoms with Crippen molar-refractivity contribution in [2.45, 2.75) is 6.10 Å². The lowest BCUT2D eigenvalue weighted by atomic mass is 10.1. The van der Waals surface area contributed by atoms with Gasteiger partial charge in [-0.1, -0.05) is 17.7 Å². The third-order valence-corrected chi connectivity index (χ3v) is 2.19. The minimum absolute atomic E-state index is 0.260. The van der Waals surface area contributed by atoms with Gasteiger partial charge in [-0.15, -0.1) is 0 Å². The van der Waals surface area contributed by atoms with Crippen molar-refractivity contribution in [1.29, 1.82) is 0 Å². The summed E-state index contributed by atoms with van der Waals surface area (Å²) in [6, 6.07) is 5.71. The van der Waals surface area contributed by atoms with Gasteiger partial charge in [-0.25, -0.2) is 0 Å². The zero-order valence-electron chi connectivity index (χ0n) is 6.71. The van der Waals surface area contributed by atoms with Crippen LogP contribution in [0.1, 0.15) is 11.7 Å². The van der Waals surface area contributed by atoms with Crippen LogP contribution in [0.3, 0.4) is 0 Å². The van der Waals surface area contributed by atoms with Crippen molar-refractivity contribution in [3.63, 3.8) is 0 Å². The summed E-state index contributed by atoms with van der Waals surface area (Å²) in [6.45, 7) is 0.810. The van der Waals surface area contributed by atoms with Gasteiger partial charge in [0.1, 0.15) is 11.9 Å². The number of halogens is 1. The largest absolute Gasteiger partial charge is 0.495 e. The molecule has 0 bridgehead atoms. The Bertz CT molecular complexity index is 295. The van der Waals surface area contributed by atoms with Gasteiger partial charge >= 0.3 is 0 Å². The van der Waals surface area contributed by atoms with E-state index in [4.69, 9.17) is 21.1 Å².